The number of thioether (sulfide) groups is 1. The van der Waals surface area contributed by atoms with Crippen molar-refractivity contribution >= 4 is 40.1 Å². The predicted octanol–water partition coefficient (Wildman–Crippen LogP) is 4.40. The summed E-state index contributed by atoms with van der Waals surface area (Å²) in [5, 5.41) is 7.68. The molecule has 1 amide bonds. The molecule has 0 aliphatic heterocycles. The molecule has 0 spiro atoms. The summed E-state index contributed by atoms with van der Waals surface area (Å²) in [4.78, 5) is 21.3. The molecule has 158 valence electrons. The quantitative estimate of drug-likeness (QED) is 0.282. The first kappa shape index (κ1) is 21.7. The van der Waals surface area contributed by atoms with Crippen LogP contribution in [0.3, 0.4) is 0 Å². The van der Waals surface area contributed by atoms with Crippen LogP contribution in [0.5, 0.6) is 11.5 Å². The number of amides is 1. The van der Waals surface area contributed by atoms with E-state index in [-0.39, 0.29) is 11.7 Å². The highest BCUT2D eigenvalue weighted by Gasteiger charge is 2.11. The number of fused-ring (bicyclic) bond motifs is 1. The van der Waals surface area contributed by atoms with Crippen molar-refractivity contribution in [1.82, 2.24) is 15.3 Å². The lowest BCUT2D eigenvalue weighted by Crippen LogP contribution is -2.26. The molecule has 0 saturated carbocycles. The number of hydrogen-bond donors (Lipinski definition) is 2. The molecule has 8 heteroatoms. The number of benzene rings is 2. The van der Waals surface area contributed by atoms with Gasteiger partial charge in [-0.05, 0) is 18.6 Å². The van der Waals surface area contributed by atoms with Crippen LogP contribution >= 0.6 is 11.8 Å². The summed E-state index contributed by atoms with van der Waals surface area (Å²) in [6.45, 7) is 2.79. The van der Waals surface area contributed by atoms with Crippen molar-refractivity contribution in [1.29, 1.82) is 0 Å². The molecule has 0 bridgehead atoms. The highest BCUT2D eigenvalue weighted by Crippen LogP contribution is 2.31. The SMILES string of the molecule is CCCCNC(=O)CSc1nc(Nc2cc(OC)cc(OC)c2)c2ccccc2n1. The molecule has 3 rings (SSSR count). The van der Waals surface area contributed by atoms with Crippen LogP contribution in [0.25, 0.3) is 10.9 Å². The van der Waals surface area contributed by atoms with Crippen molar-refractivity contribution in [3.05, 3.63) is 42.5 Å². The molecule has 2 N–H and O–H groups in total. The zero-order valence-electron chi connectivity index (χ0n) is 17.4. The molecular formula is C22H26N4O3S. The van der Waals surface area contributed by atoms with Gasteiger partial charge in [0.2, 0.25) is 5.91 Å². The predicted molar refractivity (Wildman–Crippen MR) is 121 cm³/mol. The molecule has 30 heavy (non-hydrogen) atoms. The standard InChI is InChI=1S/C22H26N4O3S/c1-4-5-10-23-20(27)14-30-22-25-19-9-7-6-8-18(19)21(26-22)24-15-11-16(28-2)13-17(12-15)29-3/h6-9,11-13H,4-5,10,14H2,1-3H3,(H,23,27)(H,24,25,26). The van der Waals surface area contributed by atoms with Crippen molar-refractivity contribution in [2.24, 2.45) is 0 Å². The van der Waals surface area contributed by atoms with Gasteiger partial charge in [0, 0.05) is 35.8 Å². The number of aromatic nitrogens is 2. The lowest BCUT2D eigenvalue weighted by molar-refractivity contribution is -0.118. The Morgan fingerprint density at radius 3 is 2.50 bits per heavy atom. The van der Waals surface area contributed by atoms with Crippen molar-refractivity contribution in [2.45, 2.75) is 24.9 Å². The van der Waals surface area contributed by atoms with E-state index in [0.29, 0.717) is 29.0 Å². The Kier molecular flexibility index (Phi) is 7.73. The summed E-state index contributed by atoms with van der Waals surface area (Å²) < 4.78 is 10.7. The van der Waals surface area contributed by atoms with Crippen molar-refractivity contribution < 1.29 is 14.3 Å². The lowest BCUT2D eigenvalue weighted by atomic mass is 10.2. The molecule has 1 aromatic heterocycles. The summed E-state index contributed by atoms with van der Waals surface area (Å²) in [5.74, 6) is 2.26. The minimum atomic E-state index is -0.0164. The smallest absolute Gasteiger partial charge is 0.230 e. The van der Waals surface area contributed by atoms with E-state index in [2.05, 4.69) is 27.5 Å². The van der Waals surface area contributed by atoms with E-state index in [4.69, 9.17) is 9.47 Å². The van der Waals surface area contributed by atoms with E-state index in [9.17, 15) is 4.79 Å². The summed E-state index contributed by atoms with van der Waals surface area (Å²) in [6.07, 6.45) is 2.02. The van der Waals surface area contributed by atoms with Gasteiger partial charge in [-0.25, -0.2) is 9.97 Å². The Balaban J connectivity index is 1.84. The maximum Gasteiger partial charge on any atom is 0.230 e. The maximum atomic E-state index is 12.0. The van der Waals surface area contributed by atoms with Crippen LogP contribution in [0, 0.1) is 0 Å². The van der Waals surface area contributed by atoms with Crippen molar-refractivity contribution in [3.8, 4) is 11.5 Å². The van der Waals surface area contributed by atoms with Crippen molar-refractivity contribution in [3.63, 3.8) is 0 Å². The van der Waals surface area contributed by atoms with Gasteiger partial charge in [-0.1, -0.05) is 37.2 Å². The number of para-hydroxylation sites is 1. The van der Waals surface area contributed by atoms with Crippen LogP contribution < -0.4 is 20.1 Å². The number of unbranched alkanes of at least 4 members (excludes halogenated alkanes) is 1. The zero-order chi connectivity index (χ0) is 21.3. The molecular weight excluding hydrogens is 400 g/mol. The first-order valence-corrected chi connectivity index (χ1v) is 10.8. The van der Waals surface area contributed by atoms with E-state index in [1.807, 2.05) is 42.5 Å². The highest BCUT2D eigenvalue weighted by atomic mass is 32.2. The van der Waals surface area contributed by atoms with E-state index in [1.165, 1.54) is 11.8 Å². The normalized spacial score (nSPS) is 10.6. The number of carbonyl (C=O) groups excluding carboxylic acids is 1. The molecule has 0 unspecified atom stereocenters. The van der Waals surface area contributed by atoms with Gasteiger partial charge in [-0.3, -0.25) is 4.79 Å². The third-order valence-electron chi connectivity index (χ3n) is 4.38. The number of hydrogen-bond acceptors (Lipinski definition) is 7. The molecule has 3 aromatic rings. The second-order valence-electron chi connectivity index (χ2n) is 6.59. The van der Waals surface area contributed by atoms with Crippen LogP contribution in [0.15, 0.2) is 47.6 Å². The van der Waals surface area contributed by atoms with E-state index >= 15 is 0 Å². The maximum absolute atomic E-state index is 12.0. The number of anilines is 2. The molecule has 2 aromatic carbocycles. The molecule has 0 fully saturated rings. The van der Waals surface area contributed by atoms with Crippen LogP contribution in [0.1, 0.15) is 19.8 Å². The highest BCUT2D eigenvalue weighted by molar-refractivity contribution is 7.99. The molecule has 0 aliphatic rings. The van der Waals surface area contributed by atoms with Gasteiger partial charge in [-0.15, -0.1) is 0 Å². The second kappa shape index (κ2) is 10.7. The number of rotatable bonds is 10. The Morgan fingerprint density at radius 1 is 1.07 bits per heavy atom. The lowest BCUT2D eigenvalue weighted by Gasteiger charge is -2.13. The first-order chi connectivity index (χ1) is 14.6. The topological polar surface area (TPSA) is 85.4 Å². The van der Waals surface area contributed by atoms with Crippen molar-refractivity contribution in [2.75, 3.05) is 31.8 Å². The van der Waals surface area contributed by atoms with Gasteiger partial charge < -0.3 is 20.1 Å². The molecule has 0 atom stereocenters. The van der Waals surface area contributed by atoms with Crippen LogP contribution in [0.2, 0.25) is 0 Å². The molecule has 7 nitrogen and oxygen atoms in total. The molecule has 0 aliphatic carbocycles. The third-order valence-corrected chi connectivity index (χ3v) is 5.23. The average molecular weight is 427 g/mol. The zero-order valence-corrected chi connectivity index (χ0v) is 18.2. The van der Waals surface area contributed by atoms with E-state index in [0.717, 1.165) is 29.4 Å². The van der Waals surface area contributed by atoms with Crippen LogP contribution in [-0.2, 0) is 4.79 Å². The van der Waals surface area contributed by atoms with Gasteiger partial charge in [0.1, 0.15) is 17.3 Å². The molecule has 1 heterocycles. The second-order valence-corrected chi connectivity index (χ2v) is 7.53. The summed E-state index contributed by atoms with van der Waals surface area (Å²) in [5.41, 5.74) is 1.59. The van der Waals surface area contributed by atoms with Crippen LogP contribution in [0.4, 0.5) is 11.5 Å². The first-order valence-electron chi connectivity index (χ1n) is 9.79. The monoisotopic (exact) mass is 426 g/mol. The molecule has 0 radical (unpaired) electrons. The summed E-state index contributed by atoms with van der Waals surface area (Å²) in [7, 11) is 3.22. The average Bonchev–Trinajstić information content (AvgIpc) is 2.77. The Bertz CT molecular complexity index is 991. The minimum absolute atomic E-state index is 0.0164. The number of nitrogens with one attached hydrogen (secondary N) is 2. The number of nitrogens with zero attached hydrogens (tertiary/aromatic N) is 2. The summed E-state index contributed by atoms with van der Waals surface area (Å²) >= 11 is 1.32. The number of methoxy groups -OCH3 is 2. The number of ether oxygens (including phenoxy) is 2. The largest absolute Gasteiger partial charge is 0.497 e. The van der Waals surface area contributed by atoms with Crippen LogP contribution in [-0.4, -0.2) is 42.4 Å². The minimum Gasteiger partial charge on any atom is -0.497 e. The Morgan fingerprint density at radius 2 is 1.80 bits per heavy atom. The van der Waals surface area contributed by atoms with Gasteiger partial charge in [-0.2, -0.15) is 0 Å². The fourth-order valence-corrected chi connectivity index (χ4v) is 3.50. The fraction of sp³-hybridized carbons (Fsp3) is 0.318. The van der Waals surface area contributed by atoms with E-state index in [1.54, 1.807) is 14.2 Å². The van der Waals surface area contributed by atoms with E-state index < -0.39 is 0 Å². The third kappa shape index (κ3) is 5.76. The molecule has 0 saturated heterocycles. The van der Waals surface area contributed by atoms with Gasteiger partial charge in [0.15, 0.2) is 5.16 Å². The van der Waals surface area contributed by atoms with Gasteiger partial charge in [0.25, 0.3) is 0 Å². The summed E-state index contributed by atoms with van der Waals surface area (Å²) in [6, 6.07) is 13.3. The van der Waals surface area contributed by atoms with Gasteiger partial charge in [0.05, 0.1) is 25.5 Å². The Labute approximate surface area is 180 Å². The fourth-order valence-electron chi connectivity index (χ4n) is 2.82. The Hall–Kier alpha value is -3.00. The van der Waals surface area contributed by atoms with Gasteiger partial charge >= 0.3 is 0 Å². The number of carbonyl (C=O) groups is 1.